The number of sulfonamides is 1. The zero-order valence-corrected chi connectivity index (χ0v) is 14.2. The van der Waals surface area contributed by atoms with E-state index in [-0.39, 0.29) is 18.2 Å². The van der Waals surface area contributed by atoms with Crippen LogP contribution in [0.25, 0.3) is 5.52 Å². The minimum atomic E-state index is -3.51. The molecular weight excluding hydrogens is 372 g/mol. The van der Waals surface area contributed by atoms with E-state index in [4.69, 9.17) is 0 Å². The van der Waals surface area contributed by atoms with Crippen molar-refractivity contribution in [1.82, 2.24) is 14.9 Å². The van der Waals surface area contributed by atoms with Crippen molar-refractivity contribution >= 4 is 43.1 Å². The van der Waals surface area contributed by atoms with E-state index >= 15 is 0 Å². The molecule has 0 saturated heterocycles. The van der Waals surface area contributed by atoms with E-state index in [1.807, 2.05) is 0 Å². The minimum absolute atomic E-state index is 0.0887. The standard InChI is InChI=1S/C13H17BrN4O3S/c14-5-1-2-13(19)15-7-9-22(20,21)17-11-4-8-18-12(10-11)3-6-16-18/h3-4,6,8,10,17H,1-2,5,7,9H2,(H,15,19). The summed E-state index contributed by atoms with van der Waals surface area (Å²) in [7, 11) is -3.51. The fraction of sp³-hybridized carbons (Fsp3) is 0.385. The Balaban J connectivity index is 1.86. The third kappa shape index (κ3) is 4.99. The SMILES string of the molecule is O=C(CCCBr)NCCS(=O)(=O)Nc1ccn2nccc2c1. The summed E-state index contributed by atoms with van der Waals surface area (Å²) in [5.41, 5.74) is 1.27. The lowest BCUT2D eigenvalue weighted by atomic mass is 10.3. The molecule has 2 aromatic heterocycles. The lowest BCUT2D eigenvalue weighted by Crippen LogP contribution is -2.31. The molecule has 0 aliphatic heterocycles. The number of carbonyl (C=O) groups excluding carboxylic acids is 1. The molecule has 0 aliphatic carbocycles. The second-order valence-electron chi connectivity index (χ2n) is 4.68. The van der Waals surface area contributed by atoms with E-state index in [1.165, 1.54) is 0 Å². The van der Waals surface area contributed by atoms with Crippen molar-refractivity contribution in [2.45, 2.75) is 12.8 Å². The Bertz CT molecular complexity index is 745. The molecule has 2 aromatic rings. The number of nitrogens with zero attached hydrogens (tertiary/aromatic N) is 2. The van der Waals surface area contributed by atoms with Gasteiger partial charge >= 0.3 is 0 Å². The topological polar surface area (TPSA) is 92.6 Å². The summed E-state index contributed by atoms with van der Waals surface area (Å²) >= 11 is 3.24. The van der Waals surface area contributed by atoms with Gasteiger partial charge in [0.15, 0.2) is 0 Å². The van der Waals surface area contributed by atoms with Gasteiger partial charge in [-0.15, -0.1) is 0 Å². The van der Waals surface area contributed by atoms with E-state index in [2.05, 4.69) is 31.1 Å². The average Bonchev–Trinajstić information content (AvgIpc) is 2.92. The Morgan fingerprint density at radius 2 is 2.18 bits per heavy atom. The summed E-state index contributed by atoms with van der Waals surface area (Å²) in [5, 5.41) is 7.38. The van der Waals surface area contributed by atoms with Gasteiger partial charge in [0.05, 0.1) is 17.0 Å². The maximum Gasteiger partial charge on any atom is 0.234 e. The molecule has 0 radical (unpaired) electrons. The van der Waals surface area contributed by atoms with Gasteiger partial charge in [-0.1, -0.05) is 15.9 Å². The van der Waals surface area contributed by atoms with Gasteiger partial charge in [0, 0.05) is 30.7 Å². The van der Waals surface area contributed by atoms with E-state index < -0.39 is 10.0 Å². The summed E-state index contributed by atoms with van der Waals surface area (Å²) in [6.07, 6.45) is 4.42. The van der Waals surface area contributed by atoms with Crippen LogP contribution in [0.4, 0.5) is 5.69 Å². The molecule has 9 heteroatoms. The smallest absolute Gasteiger partial charge is 0.234 e. The monoisotopic (exact) mass is 388 g/mol. The number of amides is 1. The van der Waals surface area contributed by atoms with Crippen LogP contribution in [-0.2, 0) is 14.8 Å². The van der Waals surface area contributed by atoms with Crippen LogP contribution >= 0.6 is 15.9 Å². The van der Waals surface area contributed by atoms with Gasteiger partial charge in [-0.25, -0.2) is 12.9 Å². The van der Waals surface area contributed by atoms with Crippen LogP contribution in [-0.4, -0.2) is 41.6 Å². The summed E-state index contributed by atoms with van der Waals surface area (Å²) in [5.74, 6) is -0.312. The summed E-state index contributed by atoms with van der Waals surface area (Å²) < 4.78 is 28.1. The van der Waals surface area contributed by atoms with Crippen LogP contribution in [0.1, 0.15) is 12.8 Å². The van der Waals surface area contributed by atoms with Crippen molar-refractivity contribution < 1.29 is 13.2 Å². The van der Waals surface area contributed by atoms with Crippen LogP contribution in [0.15, 0.2) is 30.6 Å². The van der Waals surface area contributed by atoms with Crippen LogP contribution in [0.2, 0.25) is 0 Å². The molecule has 1 amide bonds. The van der Waals surface area contributed by atoms with Crippen LogP contribution in [0, 0.1) is 0 Å². The molecule has 0 spiro atoms. The highest BCUT2D eigenvalue weighted by molar-refractivity contribution is 9.09. The molecule has 0 fully saturated rings. The van der Waals surface area contributed by atoms with Crippen molar-refractivity contribution in [1.29, 1.82) is 0 Å². The molecule has 2 heterocycles. The largest absolute Gasteiger partial charge is 0.355 e. The molecule has 0 aromatic carbocycles. The lowest BCUT2D eigenvalue weighted by Gasteiger charge is -2.09. The molecule has 2 N–H and O–H groups in total. The van der Waals surface area contributed by atoms with Crippen molar-refractivity contribution in [2.75, 3.05) is 22.3 Å². The van der Waals surface area contributed by atoms with Gasteiger partial charge in [-0.2, -0.15) is 5.10 Å². The first-order valence-electron chi connectivity index (χ1n) is 6.77. The molecule has 0 unspecified atom stereocenters. The molecule has 0 saturated carbocycles. The van der Waals surface area contributed by atoms with E-state index in [9.17, 15) is 13.2 Å². The predicted octanol–water partition coefficient (Wildman–Crippen LogP) is 1.37. The van der Waals surface area contributed by atoms with Crippen molar-refractivity contribution in [3.05, 3.63) is 30.6 Å². The predicted molar refractivity (Wildman–Crippen MR) is 88.6 cm³/mol. The molecule has 22 heavy (non-hydrogen) atoms. The first-order chi connectivity index (χ1) is 10.5. The first-order valence-corrected chi connectivity index (χ1v) is 9.54. The average molecular weight is 389 g/mol. The number of aromatic nitrogens is 2. The Morgan fingerprint density at radius 1 is 1.36 bits per heavy atom. The maximum atomic E-state index is 12.0. The Hall–Kier alpha value is -1.61. The molecule has 2 rings (SSSR count). The second-order valence-corrected chi connectivity index (χ2v) is 7.31. The molecule has 0 bridgehead atoms. The van der Waals surface area contributed by atoms with E-state index in [0.717, 1.165) is 17.3 Å². The number of nitrogens with one attached hydrogen (secondary N) is 2. The van der Waals surface area contributed by atoms with Crippen molar-refractivity contribution in [2.24, 2.45) is 0 Å². The van der Waals surface area contributed by atoms with Crippen LogP contribution in [0.3, 0.4) is 0 Å². The molecule has 7 nitrogen and oxygen atoms in total. The number of hydrogen-bond donors (Lipinski definition) is 2. The quantitative estimate of drug-likeness (QED) is 0.667. The van der Waals surface area contributed by atoms with Crippen LogP contribution in [0.5, 0.6) is 0 Å². The van der Waals surface area contributed by atoms with Gasteiger partial charge in [0.2, 0.25) is 15.9 Å². The highest BCUT2D eigenvalue weighted by atomic mass is 79.9. The Kier molecular flexibility index (Phi) is 5.78. The highest BCUT2D eigenvalue weighted by Crippen LogP contribution is 2.12. The number of alkyl halides is 1. The number of fused-ring (bicyclic) bond motifs is 1. The second kappa shape index (κ2) is 7.59. The number of anilines is 1. The first kappa shape index (κ1) is 16.8. The fourth-order valence-electron chi connectivity index (χ4n) is 1.86. The maximum absolute atomic E-state index is 12.0. The third-order valence-electron chi connectivity index (χ3n) is 2.90. The van der Waals surface area contributed by atoms with Gasteiger partial charge in [-0.05, 0) is 24.6 Å². The number of rotatable bonds is 8. The molecule has 0 atom stereocenters. The van der Waals surface area contributed by atoms with Crippen molar-refractivity contribution in [3.8, 4) is 0 Å². The van der Waals surface area contributed by atoms with E-state index in [0.29, 0.717) is 12.1 Å². The fourth-order valence-corrected chi connectivity index (χ4v) is 3.10. The third-order valence-corrected chi connectivity index (χ3v) is 4.75. The summed E-state index contributed by atoms with van der Waals surface area (Å²) in [6, 6.07) is 5.10. The normalized spacial score (nSPS) is 11.5. The number of halogens is 1. The Morgan fingerprint density at radius 3 is 2.95 bits per heavy atom. The van der Waals surface area contributed by atoms with Crippen molar-refractivity contribution in [3.63, 3.8) is 0 Å². The summed E-state index contributed by atoms with van der Waals surface area (Å²) in [4.78, 5) is 11.4. The Labute approximate surface area is 137 Å². The lowest BCUT2D eigenvalue weighted by molar-refractivity contribution is -0.120. The summed E-state index contributed by atoms with van der Waals surface area (Å²) in [6.45, 7) is 0.0887. The molecule has 0 aliphatic rings. The van der Waals surface area contributed by atoms with Gasteiger partial charge in [-0.3, -0.25) is 9.52 Å². The number of pyridine rings is 1. The zero-order chi connectivity index (χ0) is 16.0. The van der Waals surface area contributed by atoms with Gasteiger partial charge < -0.3 is 5.32 Å². The van der Waals surface area contributed by atoms with Gasteiger partial charge in [0.25, 0.3) is 0 Å². The van der Waals surface area contributed by atoms with Gasteiger partial charge in [0.1, 0.15) is 0 Å². The van der Waals surface area contributed by atoms with Crippen LogP contribution < -0.4 is 10.0 Å². The molecular formula is C13H17BrN4O3S. The number of carbonyl (C=O) groups is 1. The minimum Gasteiger partial charge on any atom is -0.355 e. The molecule has 120 valence electrons. The number of hydrogen-bond acceptors (Lipinski definition) is 4. The van der Waals surface area contributed by atoms with E-state index in [1.54, 1.807) is 35.1 Å². The highest BCUT2D eigenvalue weighted by Gasteiger charge is 2.11. The zero-order valence-electron chi connectivity index (χ0n) is 11.8.